The lowest BCUT2D eigenvalue weighted by Crippen LogP contribution is -2.46. The Labute approximate surface area is 143 Å². The Hall–Kier alpha value is -1.69. The van der Waals surface area contributed by atoms with Crippen molar-refractivity contribution in [2.24, 2.45) is 4.99 Å². The molecule has 0 aromatic heterocycles. The molecule has 6 heteroatoms. The van der Waals surface area contributed by atoms with Crippen molar-refractivity contribution in [1.82, 2.24) is 15.1 Å². The van der Waals surface area contributed by atoms with Gasteiger partial charge in [0.05, 0.1) is 0 Å². The number of nitrogens with zero attached hydrogens (tertiary/aromatic N) is 3. The van der Waals surface area contributed by atoms with Crippen LogP contribution in [0.3, 0.4) is 0 Å². The van der Waals surface area contributed by atoms with Crippen molar-refractivity contribution < 1.29 is 8.78 Å². The minimum Gasteiger partial charge on any atom is -0.356 e. The van der Waals surface area contributed by atoms with E-state index in [-0.39, 0.29) is 5.82 Å². The van der Waals surface area contributed by atoms with Crippen LogP contribution < -0.4 is 5.32 Å². The number of benzene rings is 1. The van der Waals surface area contributed by atoms with Crippen molar-refractivity contribution >= 4 is 5.96 Å². The third-order valence-electron chi connectivity index (χ3n) is 4.65. The molecule has 24 heavy (non-hydrogen) atoms. The highest BCUT2D eigenvalue weighted by Gasteiger charge is 2.24. The Morgan fingerprint density at radius 3 is 2.92 bits per heavy atom. The van der Waals surface area contributed by atoms with Gasteiger partial charge in [-0.25, -0.2) is 8.78 Å². The van der Waals surface area contributed by atoms with Gasteiger partial charge in [0.15, 0.2) is 5.96 Å². The summed E-state index contributed by atoms with van der Waals surface area (Å²) in [5.41, 5.74) is 0.383. The standard InChI is InChI=1S/C18H28F2N4/c1-4-24-11-5-6-16(24)13-23(3)18(21-2)22-10-9-14-12-15(19)7-8-17(14)20/h7-8,12,16H,4-6,9-11,13H2,1-3H3,(H,21,22). The molecule has 1 saturated heterocycles. The SMILES string of the molecule is CCN1CCCC1CN(C)C(=NC)NCCc1cc(F)ccc1F. The maximum absolute atomic E-state index is 13.6. The van der Waals surface area contributed by atoms with E-state index in [4.69, 9.17) is 0 Å². The van der Waals surface area contributed by atoms with Gasteiger partial charge in [-0.2, -0.15) is 0 Å². The molecule has 1 N–H and O–H groups in total. The molecule has 1 unspecified atom stereocenters. The molecule has 0 aliphatic carbocycles. The fourth-order valence-corrected chi connectivity index (χ4v) is 3.35. The molecule has 1 heterocycles. The summed E-state index contributed by atoms with van der Waals surface area (Å²) in [5.74, 6) is 0.00893. The zero-order valence-corrected chi connectivity index (χ0v) is 14.9. The van der Waals surface area contributed by atoms with E-state index in [1.807, 2.05) is 7.05 Å². The lowest BCUT2D eigenvalue weighted by Gasteiger charge is -2.29. The maximum atomic E-state index is 13.6. The first-order valence-electron chi connectivity index (χ1n) is 8.65. The van der Waals surface area contributed by atoms with Crippen LogP contribution in [0.2, 0.25) is 0 Å². The summed E-state index contributed by atoms with van der Waals surface area (Å²) in [6.07, 6.45) is 2.88. The average Bonchev–Trinajstić information content (AvgIpc) is 3.01. The molecule has 134 valence electrons. The van der Waals surface area contributed by atoms with Crippen LogP contribution in [0.15, 0.2) is 23.2 Å². The molecule has 1 aliphatic rings. The van der Waals surface area contributed by atoms with Crippen LogP contribution in [0, 0.1) is 11.6 Å². The minimum absolute atomic E-state index is 0.369. The van der Waals surface area contributed by atoms with Gasteiger partial charge in [-0.3, -0.25) is 9.89 Å². The number of aliphatic imine (C=N–C) groups is 1. The fraction of sp³-hybridized carbons (Fsp3) is 0.611. The number of nitrogens with one attached hydrogen (secondary N) is 1. The molecule has 1 aromatic rings. The van der Waals surface area contributed by atoms with Crippen molar-refractivity contribution in [3.05, 3.63) is 35.4 Å². The molecule has 0 spiro atoms. The smallest absolute Gasteiger partial charge is 0.193 e. The summed E-state index contributed by atoms with van der Waals surface area (Å²) in [6, 6.07) is 4.12. The molecule has 1 aromatic carbocycles. The molecular formula is C18H28F2N4. The van der Waals surface area contributed by atoms with Gasteiger partial charge < -0.3 is 10.2 Å². The van der Waals surface area contributed by atoms with E-state index in [9.17, 15) is 8.78 Å². The number of halogens is 2. The first-order valence-corrected chi connectivity index (χ1v) is 8.65. The molecule has 1 atom stereocenters. The Morgan fingerprint density at radius 2 is 2.21 bits per heavy atom. The monoisotopic (exact) mass is 338 g/mol. The highest BCUT2D eigenvalue weighted by molar-refractivity contribution is 5.79. The second-order valence-electron chi connectivity index (χ2n) is 6.26. The van der Waals surface area contributed by atoms with Crippen molar-refractivity contribution in [3.8, 4) is 0 Å². The van der Waals surface area contributed by atoms with E-state index < -0.39 is 5.82 Å². The molecular weight excluding hydrogens is 310 g/mol. The maximum Gasteiger partial charge on any atom is 0.193 e. The quantitative estimate of drug-likeness (QED) is 0.639. The normalized spacial score (nSPS) is 18.9. The number of likely N-dealkylation sites (tertiary alicyclic amines) is 1. The van der Waals surface area contributed by atoms with Crippen molar-refractivity contribution in [1.29, 1.82) is 0 Å². The Morgan fingerprint density at radius 1 is 1.42 bits per heavy atom. The molecule has 1 aliphatic heterocycles. The van der Waals surface area contributed by atoms with Crippen LogP contribution in [0.1, 0.15) is 25.3 Å². The van der Waals surface area contributed by atoms with Crippen LogP contribution in [-0.4, -0.2) is 62.1 Å². The third-order valence-corrected chi connectivity index (χ3v) is 4.65. The van der Waals surface area contributed by atoms with Gasteiger partial charge in [0, 0.05) is 33.2 Å². The number of likely N-dealkylation sites (N-methyl/N-ethyl adjacent to an activating group) is 2. The second kappa shape index (κ2) is 8.97. The molecule has 2 rings (SSSR count). The lowest BCUT2D eigenvalue weighted by atomic mass is 10.1. The van der Waals surface area contributed by atoms with E-state index in [0.717, 1.165) is 25.1 Å². The number of hydrogen-bond acceptors (Lipinski definition) is 2. The molecule has 0 bridgehead atoms. The van der Waals surface area contributed by atoms with Crippen LogP contribution in [0.5, 0.6) is 0 Å². The van der Waals surface area contributed by atoms with E-state index >= 15 is 0 Å². The lowest BCUT2D eigenvalue weighted by molar-refractivity contribution is 0.233. The summed E-state index contributed by atoms with van der Waals surface area (Å²) in [4.78, 5) is 8.90. The van der Waals surface area contributed by atoms with E-state index in [1.54, 1.807) is 7.05 Å². The molecule has 1 fully saturated rings. The van der Waals surface area contributed by atoms with Gasteiger partial charge in [0.2, 0.25) is 0 Å². The largest absolute Gasteiger partial charge is 0.356 e. The predicted molar refractivity (Wildman–Crippen MR) is 94.3 cm³/mol. The molecule has 0 radical (unpaired) electrons. The van der Waals surface area contributed by atoms with Crippen molar-refractivity contribution in [3.63, 3.8) is 0 Å². The number of guanidine groups is 1. The first-order chi connectivity index (χ1) is 11.5. The van der Waals surface area contributed by atoms with Gasteiger partial charge >= 0.3 is 0 Å². The first kappa shape index (κ1) is 18.6. The van der Waals surface area contributed by atoms with E-state index in [2.05, 4.69) is 27.0 Å². The summed E-state index contributed by atoms with van der Waals surface area (Å²) < 4.78 is 26.8. The number of hydrogen-bond donors (Lipinski definition) is 1. The van der Waals surface area contributed by atoms with Crippen LogP contribution in [0.25, 0.3) is 0 Å². The zero-order valence-electron chi connectivity index (χ0n) is 14.9. The fourth-order valence-electron chi connectivity index (χ4n) is 3.35. The topological polar surface area (TPSA) is 30.9 Å². The zero-order chi connectivity index (χ0) is 17.5. The highest BCUT2D eigenvalue weighted by Crippen LogP contribution is 2.17. The summed E-state index contributed by atoms with van der Waals surface area (Å²) >= 11 is 0. The second-order valence-corrected chi connectivity index (χ2v) is 6.26. The molecule has 0 saturated carbocycles. The van der Waals surface area contributed by atoms with E-state index in [0.29, 0.717) is 24.6 Å². The van der Waals surface area contributed by atoms with Crippen molar-refractivity contribution in [2.75, 3.05) is 40.3 Å². The number of rotatable bonds is 6. The summed E-state index contributed by atoms with van der Waals surface area (Å²) in [7, 11) is 3.76. The minimum atomic E-state index is -0.409. The van der Waals surface area contributed by atoms with Gasteiger partial charge in [-0.1, -0.05) is 6.92 Å². The Balaban J connectivity index is 1.84. The summed E-state index contributed by atoms with van der Waals surface area (Å²) in [5, 5.41) is 3.24. The third kappa shape index (κ3) is 4.90. The van der Waals surface area contributed by atoms with Gasteiger partial charge in [0.25, 0.3) is 0 Å². The van der Waals surface area contributed by atoms with Gasteiger partial charge in [-0.15, -0.1) is 0 Å². The highest BCUT2D eigenvalue weighted by atomic mass is 19.1. The Bertz CT molecular complexity index is 562. The van der Waals surface area contributed by atoms with Crippen LogP contribution in [0.4, 0.5) is 8.78 Å². The Kier molecular flexibility index (Phi) is 6.97. The van der Waals surface area contributed by atoms with E-state index in [1.165, 1.54) is 31.5 Å². The summed E-state index contributed by atoms with van der Waals surface area (Å²) in [6.45, 7) is 5.86. The predicted octanol–water partition coefficient (Wildman–Crippen LogP) is 2.50. The van der Waals surface area contributed by atoms with Crippen LogP contribution in [-0.2, 0) is 6.42 Å². The van der Waals surface area contributed by atoms with Gasteiger partial charge in [-0.05, 0) is 56.1 Å². The molecule has 4 nitrogen and oxygen atoms in total. The van der Waals surface area contributed by atoms with Crippen molar-refractivity contribution in [2.45, 2.75) is 32.2 Å². The van der Waals surface area contributed by atoms with Gasteiger partial charge in [0.1, 0.15) is 11.6 Å². The van der Waals surface area contributed by atoms with Crippen LogP contribution >= 0.6 is 0 Å². The molecule has 0 amide bonds. The average molecular weight is 338 g/mol.